The van der Waals surface area contributed by atoms with Crippen molar-refractivity contribution in [3.05, 3.63) is 0 Å². The first-order valence-electron chi connectivity index (χ1n) is 7.29. The highest BCUT2D eigenvalue weighted by Crippen LogP contribution is 2.39. The van der Waals surface area contributed by atoms with Crippen LogP contribution in [-0.2, 0) is 0 Å². The molecule has 2 aliphatic rings. The van der Waals surface area contributed by atoms with Crippen LogP contribution in [0.5, 0.6) is 0 Å². The van der Waals surface area contributed by atoms with E-state index in [2.05, 4.69) is 30.7 Å². The molecule has 2 saturated heterocycles. The summed E-state index contributed by atoms with van der Waals surface area (Å²) in [5.41, 5.74) is 6.48. The number of hydrogen-bond donors (Lipinski definition) is 1. The van der Waals surface area contributed by atoms with Crippen molar-refractivity contribution in [3.8, 4) is 0 Å². The van der Waals surface area contributed by atoms with Crippen LogP contribution in [0.3, 0.4) is 0 Å². The summed E-state index contributed by atoms with van der Waals surface area (Å²) < 4.78 is 0. The number of nitrogens with zero attached hydrogens (tertiary/aromatic N) is 2. The van der Waals surface area contributed by atoms with E-state index < -0.39 is 0 Å². The molecule has 2 heterocycles. The molecule has 100 valence electrons. The van der Waals surface area contributed by atoms with Crippen LogP contribution in [0.2, 0.25) is 0 Å². The molecule has 2 bridgehead atoms. The number of nitrogens with two attached hydrogens (primary N) is 1. The van der Waals surface area contributed by atoms with Crippen molar-refractivity contribution in [2.24, 2.45) is 11.7 Å². The Morgan fingerprint density at radius 1 is 1.47 bits per heavy atom. The standard InChI is InChI=1S/C14H29N3/c1-4-5-12(2)16(3)14(11-15)7-9-17-8-6-13(14)10-17/h12-13H,4-11,15H2,1-3H3. The van der Waals surface area contributed by atoms with Gasteiger partial charge in [-0.2, -0.15) is 0 Å². The molecule has 0 aliphatic carbocycles. The molecule has 0 aromatic rings. The maximum atomic E-state index is 6.20. The average Bonchev–Trinajstić information content (AvgIpc) is 2.74. The summed E-state index contributed by atoms with van der Waals surface area (Å²) in [5.74, 6) is 0.797. The van der Waals surface area contributed by atoms with Crippen LogP contribution in [0.4, 0.5) is 0 Å². The Hall–Kier alpha value is -0.120. The molecular formula is C14H29N3. The van der Waals surface area contributed by atoms with E-state index in [0.29, 0.717) is 6.04 Å². The first kappa shape index (κ1) is 13.3. The van der Waals surface area contributed by atoms with Crippen molar-refractivity contribution in [1.29, 1.82) is 0 Å². The first-order chi connectivity index (χ1) is 8.14. The molecule has 0 amide bonds. The fourth-order valence-corrected chi connectivity index (χ4v) is 3.96. The van der Waals surface area contributed by atoms with E-state index in [4.69, 9.17) is 5.73 Å². The van der Waals surface area contributed by atoms with Crippen LogP contribution < -0.4 is 5.73 Å². The Morgan fingerprint density at radius 3 is 2.88 bits per heavy atom. The second-order valence-electron chi connectivity index (χ2n) is 6.09. The van der Waals surface area contributed by atoms with E-state index in [0.717, 1.165) is 12.5 Å². The van der Waals surface area contributed by atoms with Gasteiger partial charge in [-0.15, -0.1) is 0 Å². The zero-order chi connectivity index (χ0) is 12.5. The minimum Gasteiger partial charge on any atom is -0.329 e. The summed E-state index contributed by atoms with van der Waals surface area (Å²) in [4.78, 5) is 5.22. The third kappa shape index (κ3) is 2.25. The van der Waals surface area contributed by atoms with Gasteiger partial charge in [0.1, 0.15) is 0 Å². The number of likely N-dealkylation sites (N-methyl/N-ethyl adjacent to an activating group) is 1. The number of hydrogen-bond acceptors (Lipinski definition) is 3. The van der Waals surface area contributed by atoms with Gasteiger partial charge < -0.3 is 10.6 Å². The van der Waals surface area contributed by atoms with Crippen molar-refractivity contribution >= 4 is 0 Å². The molecule has 4 atom stereocenters. The van der Waals surface area contributed by atoms with Gasteiger partial charge in [-0.3, -0.25) is 4.90 Å². The third-order valence-corrected chi connectivity index (χ3v) is 5.32. The fraction of sp³-hybridized carbons (Fsp3) is 1.00. The minimum absolute atomic E-state index is 0.279. The second kappa shape index (κ2) is 5.25. The molecule has 0 saturated carbocycles. The monoisotopic (exact) mass is 239 g/mol. The van der Waals surface area contributed by atoms with E-state index in [9.17, 15) is 0 Å². The first-order valence-corrected chi connectivity index (χ1v) is 7.29. The van der Waals surface area contributed by atoms with Crippen LogP contribution in [-0.4, -0.2) is 54.6 Å². The molecule has 3 nitrogen and oxygen atoms in total. The van der Waals surface area contributed by atoms with Gasteiger partial charge in [0.2, 0.25) is 0 Å². The summed E-state index contributed by atoms with van der Waals surface area (Å²) in [7, 11) is 2.31. The van der Waals surface area contributed by atoms with Crippen LogP contribution >= 0.6 is 0 Å². The van der Waals surface area contributed by atoms with E-state index in [1.165, 1.54) is 45.3 Å². The van der Waals surface area contributed by atoms with Crippen LogP contribution in [0.1, 0.15) is 39.5 Å². The third-order valence-electron chi connectivity index (χ3n) is 5.32. The van der Waals surface area contributed by atoms with Crippen molar-refractivity contribution < 1.29 is 0 Å². The zero-order valence-corrected chi connectivity index (χ0v) is 11.8. The summed E-state index contributed by atoms with van der Waals surface area (Å²) in [6.07, 6.45) is 5.16. The Balaban J connectivity index is 2.12. The SMILES string of the molecule is CCCC(C)N(C)C1(CN)CCN2CCC1C2. The van der Waals surface area contributed by atoms with Gasteiger partial charge in [0.05, 0.1) is 0 Å². The average molecular weight is 239 g/mol. The lowest BCUT2D eigenvalue weighted by atomic mass is 9.76. The highest BCUT2D eigenvalue weighted by atomic mass is 15.3. The molecule has 0 aromatic carbocycles. The molecule has 0 aromatic heterocycles. The lowest BCUT2D eigenvalue weighted by molar-refractivity contribution is -0.0000284. The van der Waals surface area contributed by atoms with Crippen molar-refractivity contribution in [2.45, 2.75) is 51.1 Å². The lowest BCUT2D eigenvalue weighted by Gasteiger charge is -2.51. The summed E-state index contributed by atoms with van der Waals surface area (Å²) in [6, 6.07) is 0.663. The lowest BCUT2D eigenvalue weighted by Crippen LogP contribution is -2.63. The maximum absolute atomic E-state index is 6.20. The van der Waals surface area contributed by atoms with E-state index >= 15 is 0 Å². The van der Waals surface area contributed by atoms with Crippen molar-refractivity contribution in [2.75, 3.05) is 33.2 Å². The summed E-state index contributed by atoms with van der Waals surface area (Å²) >= 11 is 0. The minimum atomic E-state index is 0.279. The van der Waals surface area contributed by atoms with Gasteiger partial charge in [-0.05, 0) is 52.2 Å². The van der Waals surface area contributed by atoms with Gasteiger partial charge in [-0.25, -0.2) is 0 Å². The molecule has 0 spiro atoms. The quantitative estimate of drug-likeness (QED) is 0.790. The Kier molecular flexibility index (Phi) is 4.11. The fourth-order valence-electron chi connectivity index (χ4n) is 3.96. The molecule has 17 heavy (non-hydrogen) atoms. The molecule has 3 heteroatoms. The van der Waals surface area contributed by atoms with E-state index in [1.807, 2.05) is 0 Å². The van der Waals surface area contributed by atoms with Crippen molar-refractivity contribution in [1.82, 2.24) is 9.80 Å². The van der Waals surface area contributed by atoms with Gasteiger partial charge >= 0.3 is 0 Å². The Morgan fingerprint density at radius 2 is 2.24 bits per heavy atom. The Labute approximate surface area is 106 Å². The normalized spacial score (nSPS) is 38.6. The topological polar surface area (TPSA) is 32.5 Å². The highest BCUT2D eigenvalue weighted by Gasteiger charge is 2.48. The van der Waals surface area contributed by atoms with Crippen LogP contribution in [0, 0.1) is 5.92 Å². The zero-order valence-electron chi connectivity index (χ0n) is 11.8. The van der Waals surface area contributed by atoms with Gasteiger partial charge in [-0.1, -0.05) is 13.3 Å². The maximum Gasteiger partial charge on any atom is 0.0384 e. The molecule has 2 N–H and O–H groups in total. The van der Waals surface area contributed by atoms with E-state index in [1.54, 1.807) is 0 Å². The highest BCUT2D eigenvalue weighted by molar-refractivity contribution is 5.05. The number of fused-ring (bicyclic) bond motifs is 2. The second-order valence-corrected chi connectivity index (χ2v) is 6.09. The number of piperidine rings is 1. The summed E-state index contributed by atoms with van der Waals surface area (Å²) in [5, 5.41) is 0. The van der Waals surface area contributed by atoms with Gasteiger partial charge in [0, 0.05) is 24.7 Å². The molecule has 2 rings (SSSR count). The molecule has 2 fully saturated rings. The summed E-state index contributed by atoms with van der Waals surface area (Å²) in [6.45, 7) is 9.29. The van der Waals surface area contributed by atoms with Gasteiger partial charge in [0.25, 0.3) is 0 Å². The molecule has 2 aliphatic heterocycles. The molecule has 4 unspecified atom stereocenters. The predicted molar refractivity (Wildman–Crippen MR) is 73.1 cm³/mol. The molecular weight excluding hydrogens is 210 g/mol. The van der Waals surface area contributed by atoms with Gasteiger partial charge in [0.15, 0.2) is 0 Å². The van der Waals surface area contributed by atoms with Crippen LogP contribution in [0.15, 0.2) is 0 Å². The Bertz CT molecular complexity index is 256. The largest absolute Gasteiger partial charge is 0.329 e. The smallest absolute Gasteiger partial charge is 0.0384 e. The predicted octanol–water partition coefficient (Wildman–Crippen LogP) is 1.53. The molecule has 0 radical (unpaired) electrons. The number of rotatable bonds is 5. The van der Waals surface area contributed by atoms with Crippen LogP contribution in [0.25, 0.3) is 0 Å². The van der Waals surface area contributed by atoms with Crippen molar-refractivity contribution in [3.63, 3.8) is 0 Å². The van der Waals surface area contributed by atoms with E-state index in [-0.39, 0.29) is 5.54 Å².